The van der Waals surface area contributed by atoms with Gasteiger partial charge in [0.15, 0.2) is 10.9 Å². The van der Waals surface area contributed by atoms with Gasteiger partial charge in [-0.1, -0.05) is 87.1 Å². The molecule has 1 heterocycles. The first-order valence-corrected chi connectivity index (χ1v) is 13.0. The number of nitrogens with one attached hydrogen (secondary N) is 1. The Morgan fingerprint density at radius 1 is 0.974 bits per heavy atom. The lowest BCUT2D eigenvalue weighted by atomic mass is 9.87. The first-order valence-electron chi connectivity index (χ1n) is 12.0. The maximum atomic E-state index is 13.4. The molecule has 0 atom stereocenters. The Morgan fingerprint density at radius 3 is 2.26 bits per heavy atom. The van der Waals surface area contributed by atoms with Gasteiger partial charge < -0.3 is 10.1 Å². The number of para-hydroxylation sites is 3. The lowest BCUT2D eigenvalue weighted by Gasteiger charge is -2.19. The second-order valence-corrected chi connectivity index (χ2v) is 10.6. The zero-order valence-corrected chi connectivity index (χ0v) is 22.3. The summed E-state index contributed by atoms with van der Waals surface area (Å²) in [6.07, 6.45) is -3.22. The van der Waals surface area contributed by atoms with Crippen LogP contribution in [-0.2, 0) is 15.0 Å². The van der Waals surface area contributed by atoms with Crippen molar-refractivity contribution >= 4 is 46.2 Å². The smallest absolute Gasteiger partial charge is 0.404 e. The number of rotatable bonds is 6. The van der Waals surface area contributed by atoms with Crippen LogP contribution in [0.4, 0.5) is 24.5 Å². The number of aliphatic imine (C=N–C) groups is 1. The number of benzene rings is 3. The van der Waals surface area contributed by atoms with E-state index in [0.717, 1.165) is 29.0 Å². The summed E-state index contributed by atoms with van der Waals surface area (Å²) < 4.78 is 42.1. The van der Waals surface area contributed by atoms with Gasteiger partial charge in [-0.25, -0.2) is 4.99 Å². The molecule has 6 nitrogen and oxygen atoms in total. The third kappa shape index (κ3) is 7.29. The minimum Gasteiger partial charge on any atom is -0.404 e. The van der Waals surface area contributed by atoms with E-state index in [1.165, 1.54) is 23.1 Å². The van der Waals surface area contributed by atoms with Crippen LogP contribution in [0, 0.1) is 0 Å². The van der Waals surface area contributed by atoms with Crippen LogP contribution in [0.25, 0.3) is 6.08 Å². The molecule has 39 heavy (non-hydrogen) atoms. The molecular weight excluding hydrogens is 527 g/mol. The molecule has 3 aromatic rings. The summed E-state index contributed by atoms with van der Waals surface area (Å²) >= 11 is 0.996. The van der Waals surface area contributed by atoms with Crippen molar-refractivity contribution in [1.29, 1.82) is 0 Å². The number of amides is 2. The van der Waals surface area contributed by atoms with E-state index in [1.807, 2.05) is 30.3 Å². The normalized spacial score (nSPS) is 14.9. The van der Waals surface area contributed by atoms with E-state index in [2.05, 4.69) is 35.8 Å². The van der Waals surface area contributed by atoms with Gasteiger partial charge in [-0.2, -0.15) is 0 Å². The van der Waals surface area contributed by atoms with Crippen LogP contribution < -0.4 is 15.0 Å². The summed E-state index contributed by atoms with van der Waals surface area (Å²) in [6.45, 7) is 6.35. The average molecular weight is 554 g/mol. The highest BCUT2D eigenvalue weighted by molar-refractivity contribution is 8.14. The van der Waals surface area contributed by atoms with Gasteiger partial charge in [0.1, 0.15) is 5.70 Å². The van der Waals surface area contributed by atoms with Gasteiger partial charge >= 0.3 is 6.36 Å². The van der Waals surface area contributed by atoms with Gasteiger partial charge in [-0.3, -0.25) is 14.5 Å². The summed E-state index contributed by atoms with van der Waals surface area (Å²) in [5.74, 6) is -1.67. The summed E-state index contributed by atoms with van der Waals surface area (Å²) in [5, 5.41) is 2.71. The Bertz CT molecular complexity index is 1410. The molecule has 4 rings (SSSR count). The molecule has 202 valence electrons. The molecule has 10 heteroatoms. The zero-order valence-electron chi connectivity index (χ0n) is 21.5. The van der Waals surface area contributed by atoms with Crippen molar-refractivity contribution < 1.29 is 27.5 Å². The Hall–Kier alpha value is -4.05. The molecule has 2 amide bonds. The van der Waals surface area contributed by atoms with Gasteiger partial charge in [-0.05, 0) is 46.9 Å². The average Bonchev–Trinajstić information content (AvgIpc) is 3.18. The minimum absolute atomic E-state index is 0.0130. The van der Waals surface area contributed by atoms with E-state index in [-0.39, 0.29) is 33.6 Å². The molecule has 0 saturated carbocycles. The number of nitrogens with zero attached hydrogens (tertiary/aromatic N) is 2. The molecule has 1 N–H and O–H groups in total. The molecule has 0 spiro atoms. The predicted octanol–water partition coefficient (Wildman–Crippen LogP) is 7.00. The van der Waals surface area contributed by atoms with E-state index in [9.17, 15) is 22.8 Å². The van der Waals surface area contributed by atoms with Crippen molar-refractivity contribution in [2.45, 2.75) is 32.5 Å². The Morgan fingerprint density at radius 2 is 1.62 bits per heavy atom. The first-order chi connectivity index (χ1) is 18.4. The van der Waals surface area contributed by atoms with Crippen LogP contribution >= 0.6 is 11.8 Å². The Balaban J connectivity index is 1.54. The lowest BCUT2D eigenvalue weighted by Crippen LogP contribution is -2.31. The third-order valence-electron chi connectivity index (χ3n) is 5.64. The second-order valence-electron chi connectivity index (χ2n) is 9.65. The fraction of sp³-hybridized carbons (Fsp3) is 0.207. The van der Waals surface area contributed by atoms with Crippen molar-refractivity contribution in [2.75, 3.05) is 16.0 Å². The van der Waals surface area contributed by atoms with Gasteiger partial charge in [0.05, 0.1) is 17.1 Å². The number of halogens is 3. The number of carbonyl (C=O) groups excluding carboxylic acids is 2. The predicted molar refractivity (Wildman–Crippen MR) is 149 cm³/mol. The van der Waals surface area contributed by atoms with Crippen molar-refractivity contribution in [1.82, 2.24) is 0 Å². The van der Waals surface area contributed by atoms with E-state index in [0.29, 0.717) is 5.69 Å². The number of ether oxygens (including phenoxy) is 1. The van der Waals surface area contributed by atoms with Crippen LogP contribution in [0.1, 0.15) is 31.9 Å². The van der Waals surface area contributed by atoms with E-state index < -0.39 is 18.0 Å². The third-order valence-corrected chi connectivity index (χ3v) is 6.58. The van der Waals surface area contributed by atoms with Crippen molar-refractivity contribution in [3.05, 3.63) is 95.7 Å². The van der Waals surface area contributed by atoms with Crippen LogP contribution in [-0.4, -0.2) is 29.1 Å². The van der Waals surface area contributed by atoms with Crippen LogP contribution in [0.5, 0.6) is 5.75 Å². The molecule has 0 aromatic heterocycles. The molecule has 0 fully saturated rings. The quantitative estimate of drug-likeness (QED) is 0.334. The first kappa shape index (κ1) is 28.0. The molecule has 1 aliphatic heterocycles. The Kier molecular flexibility index (Phi) is 8.15. The largest absolute Gasteiger partial charge is 0.573 e. The highest BCUT2D eigenvalue weighted by atomic mass is 32.2. The zero-order chi connectivity index (χ0) is 28.2. The maximum Gasteiger partial charge on any atom is 0.573 e. The fourth-order valence-corrected chi connectivity index (χ4v) is 4.55. The molecule has 0 unspecified atom stereocenters. The molecule has 0 saturated heterocycles. The summed E-state index contributed by atoms with van der Waals surface area (Å²) in [4.78, 5) is 31.9. The van der Waals surface area contributed by atoms with Crippen LogP contribution in [0.3, 0.4) is 0 Å². The van der Waals surface area contributed by atoms with Gasteiger partial charge in [0, 0.05) is 0 Å². The van der Waals surface area contributed by atoms with E-state index in [1.54, 1.807) is 30.3 Å². The number of alkyl halides is 3. The Labute approximate surface area is 228 Å². The molecule has 1 aliphatic rings. The minimum atomic E-state index is -4.90. The van der Waals surface area contributed by atoms with E-state index in [4.69, 9.17) is 0 Å². The molecule has 0 bridgehead atoms. The number of hydrogen-bond donors (Lipinski definition) is 1. The van der Waals surface area contributed by atoms with Crippen LogP contribution in [0.2, 0.25) is 0 Å². The van der Waals surface area contributed by atoms with Gasteiger partial charge in [-0.15, -0.1) is 13.2 Å². The highest BCUT2D eigenvalue weighted by Crippen LogP contribution is 2.32. The number of hydrogen-bond acceptors (Lipinski definition) is 5. The van der Waals surface area contributed by atoms with Crippen molar-refractivity contribution in [2.24, 2.45) is 4.99 Å². The monoisotopic (exact) mass is 553 g/mol. The molecule has 0 aliphatic carbocycles. The van der Waals surface area contributed by atoms with Crippen molar-refractivity contribution in [3.63, 3.8) is 0 Å². The standard InChI is InChI=1S/C29H26F3N3O3S/c1-28(2,3)20-15-13-19(14-16-20)17-23-26(37)35(21-9-5-4-6-10-21)27(34-23)39-18-25(36)33-22-11-7-8-12-24(22)38-29(30,31)32/h4-17H,18H2,1-3H3,(H,33,36)/b23-17+. The van der Waals surface area contributed by atoms with Gasteiger partial charge in [0.25, 0.3) is 5.91 Å². The molecule has 0 radical (unpaired) electrons. The van der Waals surface area contributed by atoms with E-state index >= 15 is 0 Å². The lowest BCUT2D eigenvalue weighted by molar-refractivity contribution is -0.274. The molecule has 3 aromatic carbocycles. The summed E-state index contributed by atoms with van der Waals surface area (Å²) in [5.41, 5.74) is 2.60. The van der Waals surface area contributed by atoms with Crippen molar-refractivity contribution in [3.8, 4) is 5.75 Å². The number of amidine groups is 1. The number of carbonyl (C=O) groups is 2. The summed E-state index contributed by atoms with van der Waals surface area (Å²) in [7, 11) is 0. The summed E-state index contributed by atoms with van der Waals surface area (Å²) in [6, 6.07) is 22.0. The fourth-order valence-electron chi connectivity index (χ4n) is 3.74. The molecular formula is C29H26F3N3O3S. The topological polar surface area (TPSA) is 71.0 Å². The maximum absolute atomic E-state index is 13.4. The second kappa shape index (κ2) is 11.4. The van der Waals surface area contributed by atoms with Gasteiger partial charge in [0.2, 0.25) is 5.91 Å². The highest BCUT2D eigenvalue weighted by Gasteiger charge is 2.33. The number of anilines is 2. The SMILES string of the molecule is CC(C)(C)c1ccc(/C=C2/N=C(SCC(=O)Nc3ccccc3OC(F)(F)F)N(c3ccccc3)C2=O)cc1. The van der Waals surface area contributed by atoms with Crippen LogP contribution in [0.15, 0.2) is 89.6 Å². The number of thioether (sulfide) groups is 1.